The Morgan fingerprint density at radius 1 is 1.69 bits per heavy atom. The Bertz CT molecular complexity index is 220. The number of carboxylic acid groups (broad SMARTS) is 1. The molecule has 0 aromatic heterocycles. The van der Waals surface area contributed by atoms with Gasteiger partial charge in [-0.05, 0) is 14.0 Å². The van der Waals surface area contributed by atoms with Crippen LogP contribution in [0.25, 0.3) is 0 Å². The van der Waals surface area contributed by atoms with Crippen molar-refractivity contribution in [1.82, 2.24) is 4.90 Å². The van der Waals surface area contributed by atoms with Crippen LogP contribution in [0.15, 0.2) is 0 Å². The number of hydrogen-bond acceptors (Lipinski definition) is 4. The highest BCUT2D eigenvalue weighted by molar-refractivity contribution is 5.76. The molecule has 0 amide bonds. The van der Waals surface area contributed by atoms with Gasteiger partial charge in [-0.15, -0.1) is 0 Å². The Balaban J connectivity index is 3.98. The molecule has 0 aliphatic rings. The Labute approximate surface area is 77.2 Å². The number of nitrogens with zero attached hydrogens (tertiary/aromatic N) is 2. The van der Waals surface area contributed by atoms with Crippen molar-refractivity contribution < 1.29 is 15.0 Å². The topological polar surface area (TPSA) is 84.6 Å². The third kappa shape index (κ3) is 4.45. The lowest BCUT2D eigenvalue weighted by Gasteiger charge is -2.24. The molecule has 1 atom stereocenters. The fraction of sp³-hybridized carbons (Fsp3) is 0.750. The van der Waals surface area contributed by atoms with Crippen molar-refractivity contribution in [3.05, 3.63) is 0 Å². The quantitative estimate of drug-likeness (QED) is 0.614. The van der Waals surface area contributed by atoms with Crippen LogP contribution >= 0.6 is 0 Å². The van der Waals surface area contributed by atoms with Gasteiger partial charge >= 0.3 is 5.97 Å². The number of aliphatic hydroxyl groups is 1. The first-order valence-electron chi connectivity index (χ1n) is 3.91. The number of carbonyl (C=O) groups is 1. The highest BCUT2D eigenvalue weighted by Gasteiger charge is 2.30. The number of carboxylic acids is 1. The number of aliphatic carboxylic acids is 1. The second kappa shape index (κ2) is 4.80. The van der Waals surface area contributed by atoms with Crippen LogP contribution in [0.2, 0.25) is 0 Å². The highest BCUT2D eigenvalue weighted by atomic mass is 16.4. The smallest absolute Gasteiger partial charge is 0.336 e. The highest BCUT2D eigenvalue weighted by Crippen LogP contribution is 2.05. The van der Waals surface area contributed by atoms with E-state index < -0.39 is 11.6 Å². The normalized spacial score (nSPS) is 15.0. The van der Waals surface area contributed by atoms with Gasteiger partial charge in [-0.2, -0.15) is 5.26 Å². The van der Waals surface area contributed by atoms with Gasteiger partial charge in [0.15, 0.2) is 5.60 Å². The van der Waals surface area contributed by atoms with Gasteiger partial charge in [0.1, 0.15) is 0 Å². The number of hydrogen-bond donors (Lipinski definition) is 2. The summed E-state index contributed by atoms with van der Waals surface area (Å²) in [5.74, 6) is -1.25. The maximum absolute atomic E-state index is 10.5. The first-order valence-corrected chi connectivity index (χ1v) is 3.91. The second-order valence-corrected chi connectivity index (χ2v) is 3.22. The van der Waals surface area contributed by atoms with E-state index in [0.717, 1.165) is 0 Å². The van der Waals surface area contributed by atoms with Crippen LogP contribution in [0, 0.1) is 11.3 Å². The fourth-order valence-corrected chi connectivity index (χ4v) is 0.913. The van der Waals surface area contributed by atoms with Crippen molar-refractivity contribution in [2.75, 3.05) is 20.1 Å². The third-order valence-electron chi connectivity index (χ3n) is 1.64. The van der Waals surface area contributed by atoms with Crippen molar-refractivity contribution in [2.24, 2.45) is 0 Å². The SMILES string of the molecule is CN(CCC#N)CC(C)(O)C(=O)O. The third-order valence-corrected chi connectivity index (χ3v) is 1.64. The van der Waals surface area contributed by atoms with Crippen LogP contribution < -0.4 is 0 Å². The zero-order valence-electron chi connectivity index (χ0n) is 7.82. The molecule has 5 nitrogen and oxygen atoms in total. The van der Waals surface area contributed by atoms with Gasteiger partial charge in [0.05, 0.1) is 6.07 Å². The largest absolute Gasteiger partial charge is 0.479 e. The van der Waals surface area contributed by atoms with E-state index in [0.29, 0.717) is 13.0 Å². The summed E-state index contributed by atoms with van der Waals surface area (Å²) in [6.07, 6.45) is 0.326. The van der Waals surface area contributed by atoms with E-state index in [-0.39, 0.29) is 6.54 Å². The molecule has 2 N–H and O–H groups in total. The van der Waals surface area contributed by atoms with Crippen molar-refractivity contribution in [2.45, 2.75) is 18.9 Å². The van der Waals surface area contributed by atoms with E-state index in [9.17, 15) is 9.90 Å². The fourth-order valence-electron chi connectivity index (χ4n) is 0.913. The van der Waals surface area contributed by atoms with Crippen LogP contribution in [0.1, 0.15) is 13.3 Å². The zero-order valence-corrected chi connectivity index (χ0v) is 7.82. The molecule has 0 saturated heterocycles. The van der Waals surface area contributed by atoms with Gasteiger partial charge in [-0.3, -0.25) is 0 Å². The number of nitriles is 1. The van der Waals surface area contributed by atoms with Gasteiger partial charge in [0, 0.05) is 19.5 Å². The summed E-state index contributed by atoms with van der Waals surface area (Å²) in [5.41, 5.74) is -1.75. The maximum Gasteiger partial charge on any atom is 0.336 e. The van der Waals surface area contributed by atoms with Crippen molar-refractivity contribution in [1.29, 1.82) is 5.26 Å². The minimum absolute atomic E-state index is 0.0179. The Hall–Kier alpha value is -1.12. The summed E-state index contributed by atoms with van der Waals surface area (Å²) in [5, 5.41) is 26.2. The van der Waals surface area contributed by atoms with Crippen molar-refractivity contribution in [3.63, 3.8) is 0 Å². The standard InChI is InChI=1S/C8H14N2O3/c1-8(13,7(11)12)6-10(2)5-3-4-9/h13H,3,5-6H2,1-2H3,(H,11,12). The number of likely N-dealkylation sites (N-methyl/N-ethyl adjacent to an activating group) is 1. The summed E-state index contributed by atoms with van der Waals surface area (Å²) < 4.78 is 0. The molecule has 0 aromatic carbocycles. The van der Waals surface area contributed by atoms with Gasteiger partial charge in [-0.25, -0.2) is 4.79 Å². The molecular weight excluding hydrogens is 172 g/mol. The molecule has 0 radical (unpaired) electrons. The van der Waals surface area contributed by atoms with Gasteiger partial charge in [0.2, 0.25) is 0 Å². The van der Waals surface area contributed by atoms with Crippen molar-refractivity contribution >= 4 is 5.97 Å². The minimum atomic E-state index is -1.75. The molecular formula is C8H14N2O3. The predicted molar refractivity (Wildman–Crippen MR) is 46.0 cm³/mol. The Kier molecular flexibility index (Phi) is 4.38. The molecule has 13 heavy (non-hydrogen) atoms. The lowest BCUT2D eigenvalue weighted by Crippen LogP contribution is -2.45. The van der Waals surface area contributed by atoms with Gasteiger partial charge in [0.25, 0.3) is 0 Å². The Morgan fingerprint density at radius 2 is 2.23 bits per heavy atom. The molecule has 0 bridgehead atoms. The molecule has 0 aromatic rings. The molecule has 0 spiro atoms. The molecule has 0 saturated carbocycles. The first kappa shape index (κ1) is 11.9. The molecule has 0 fully saturated rings. The molecule has 0 aliphatic carbocycles. The second-order valence-electron chi connectivity index (χ2n) is 3.22. The van der Waals surface area contributed by atoms with E-state index in [1.807, 2.05) is 6.07 Å². The van der Waals surface area contributed by atoms with Gasteiger partial charge < -0.3 is 15.1 Å². The van der Waals surface area contributed by atoms with Crippen LogP contribution in [-0.2, 0) is 4.79 Å². The van der Waals surface area contributed by atoms with Crippen LogP contribution in [0.5, 0.6) is 0 Å². The molecule has 0 aliphatic heterocycles. The molecule has 0 heterocycles. The lowest BCUT2D eigenvalue weighted by molar-refractivity contribution is -0.158. The van der Waals surface area contributed by atoms with Crippen LogP contribution in [0.4, 0.5) is 0 Å². The van der Waals surface area contributed by atoms with E-state index >= 15 is 0 Å². The molecule has 74 valence electrons. The summed E-state index contributed by atoms with van der Waals surface area (Å²) in [6, 6.07) is 1.94. The predicted octanol–water partition coefficient (Wildman–Crippen LogP) is -0.333. The van der Waals surface area contributed by atoms with Crippen LogP contribution in [0.3, 0.4) is 0 Å². The summed E-state index contributed by atoms with van der Waals surface area (Å²) in [6.45, 7) is 1.71. The maximum atomic E-state index is 10.5. The monoisotopic (exact) mass is 186 g/mol. The average Bonchev–Trinajstić information content (AvgIpc) is 1.99. The Morgan fingerprint density at radius 3 is 2.62 bits per heavy atom. The number of rotatable bonds is 5. The van der Waals surface area contributed by atoms with Crippen molar-refractivity contribution in [3.8, 4) is 6.07 Å². The summed E-state index contributed by atoms with van der Waals surface area (Å²) in [4.78, 5) is 12.1. The minimum Gasteiger partial charge on any atom is -0.479 e. The average molecular weight is 186 g/mol. The summed E-state index contributed by atoms with van der Waals surface area (Å²) in [7, 11) is 1.66. The molecule has 5 heteroatoms. The van der Waals surface area contributed by atoms with Gasteiger partial charge in [-0.1, -0.05) is 0 Å². The first-order chi connectivity index (χ1) is 5.90. The zero-order chi connectivity index (χ0) is 10.5. The lowest BCUT2D eigenvalue weighted by atomic mass is 10.1. The molecule has 1 unspecified atom stereocenters. The van der Waals surface area contributed by atoms with E-state index in [1.54, 1.807) is 11.9 Å². The van der Waals surface area contributed by atoms with E-state index in [2.05, 4.69) is 0 Å². The van der Waals surface area contributed by atoms with E-state index in [4.69, 9.17) is 10.4 Å². The van der Waals surface area contributed by atoms with Crippen LogP contribution in [-0.4, -0.2) is 46.8 Å². The summed E-state index contributed by atoms with van der Waals surface area (Å²) >= 11 is 0. The molecule has 0 rings (SSSR count). The van der Waals surface area contributed by atoms with E-state index in [1.165, 1.54) is 6.92 Å².